The molecule has 6 nitrogen and oxygen atoms in total. The summed E-state index contributed by atoms with van der Waals surface area (Å²) in [5, 5.41) is 5.78. The number of H-pyrrole nitrogens is 1. The van der Waals surface area contributed by atoms with Crippen molar-refractivity contribution >= 4 is 39.2 Å². The highest BCUT2D eigenvalue weighted by atomic mass is 32.1. The third-order valence-electron chi connectivity index (χ3n) is 4.32. The first-order valence-corrected chi connectivity index (χ1v) is 9.26. The summed E-state index contributed by atoms with van der Waals surface area (Å²) in [4.78, 5) is 33.6. The standard InChI is InChI=1S/C19H18N4O2S/c1-12-4-5-15-14(9-12)17-18(22-15)19(25)23(11-21-17)10-16(24)20-7-6-13-3-2-8-26-13/h2-5,8-9,11,22H,6-7,10H2,1H3,(H,20,24). The number of hydrogen-bond acceptors (Lipinski definition) is 4. The zero-order chi connectivity index (χ0) is 18.1. The van der Waals surface area contributed by atoms with E-state index in [4.69, 9.17) is 0 Å². The van der Waals surface area contributed by atoms with Crippen molar-refractivity contribution in [1.82, 2.24) is 19.9 Å². The fourth-order valence-corrected chi connectivity index (χ4v) is 3.72. The Kier molecular flexibility index (Phi) is 4.30. The summed E-state index contributed by atoms with van der Waals surface area (Å²) in [6.45, 7) is 2.51. The van der Waals surface area contributed by atoms with Gasteiger partial charge in [-0.1, -0.05) is 17.7 Å². The Morgan fingerprint density at radius 2 is 2.23 bits per heavy atom. The molecule has 0 aliphatic carbocycles. The van der Waals surface area contributed by atoms with Crippen LogP contribution in [-0.4, -0.2) is 27.0 Å². The largest absolute Gasteiger partial charge is 0.354 e. The average Bonchev–Trinajstić information content (AvgIpc) is 3.25. The summed E-state index contributed by atoms with van der Waals surface area (Å²) >= 11 is 1.66. The van der Waals surface area contributed by atoms with Crippen molar-refractivity contribution in [2.24, 2.45) is 0 Å². The molecule has 0 saturated carbocycles. The molecule has 26 heavy (non-hydrogen) atoms. The Morgan fingerprint density at radius 3 is 3.04 bits per heavy atom. The molecule has 132 valence electrons. The van der Waals surface area contributed by atoms with Gasteiger partial charge < -0.3 is 10.3 Å². The first kappa shape index (κ1) is 16.5. The number of hydrogen-bond donors (Lipinski definition) is 2. The van der Waals surface area contributed by atoms with Crippen molar-refractivity contribution in [2.45, 2.75) is 19.9 Å². The molecule has 0 radical (unpaired) electrons. The van der Waals surface area contributed by atoms with Gasteiger partial charge in [-0.15, -0.1) is 11.3 Å². The van der Waals surface area contributed by atoms with Crippen LogP contribution >= 0.6 is 11.3 Å². The van der Waals surface area contributed by atoms with Crippen molar-refractivity contribution in [2.75, 3.05) is 6.54 Å². The van der Waals surface area contributed by atoms with E-state index in [0.717, 1.165) is 22.9 Å². The summed E-state index contributed by atoms with van der Waals surface area (Å²) in [6, 6.07) is 9.95. The van der Waals surface area contributed by atoms with E-state index >= 15 is 0 Å². The third-order valence-corrected chi connectivity index (χ3v) is 5.25. The molecule has 4 rings (SSSR count). The van der Waals surface area contributed by atoms with Crippen LogP contribution in [0.3, 0.4) is 0 Å². The van der Waals surface area contributed by atoms with E-state index in [1.165, 1.54) is 15.8 Å². The van der Waals surface area contributed by atoms with Crippen molar-refractivity contribution < 1.29 is 4.79 Å². The second-order valence-electron chi connectivity index (χ2n) is 6.25. The molecule has 3 heterocycles. The summed E-state index contributed by atoms with van der Waals surface area (Å²) in [5.41, 5.74) is 2.81. The van der Waals surface area contributed by atoms with Crippen LogP contribution in [0.4, 0.5) is 0 Å². The summed E-state index contributed by atoms with van der Waals surface area (Å²) < 4.78 is 1.34. The molecule has 2 N–H and O–H groups in total. The molecule has 0 atom stereocenters. The molecule has 0 aliphatic rings. The molecule has 7 heteroatoms. The zero-order valence-corrected chi connectivity index (χ0v) is 15.1. The van der Waals surface area contributed by atoms with E-state index < -0.39 is 0 Å². The van der Waals surface area contributed by atoms with Crippen LogP contribution in [0.1, 0.15) is 10.4 Å². The minimum atomic E-state index is -0.239. The Bertz CT molecular complexity index is 1140. The number of amides is 1. The first-order valence-electron chi connectivity index (χ1n) is 8.38. The lowest BCUT2D eigenvalue weighted by atomic mass is 10.2. The minimum Gasteiger partial charge on any atom is -0.354 e. The summed E-state index contributed by atoms with van der Waals surface area (Å²) in [6.07, 6.45) is 2.23. The number of benzene rings is 1. The number of aryl methyl sites for hydroxylation is 1. The predicted octanol–water partition coefficient (Wildman–Crippen LogP) is 2.61. The maximum Gasteiger partial charge on any atom is 0.278 e. The predicted molar refractivity (Wildman–Crippen MR) is 104 cm³/mol. The number of rotatable bonds is 5. The van der Waals surface area contributed by atoms with Crippen molar-refractivity contribution in [1.29, 1.82) is 0 Å². The Morgan fingerprint density at radius 1 is 1.35 bits per heavy atom. The van der Waals surface area contributed by atoms with Gasteiger partial charge in [-0.3, -0.25) is 14.2 Å². The van der Waals surface area contributed by atoms with E-state index in [-0.39, 0.29) is 18.0 Å². The van der Waals surface area contributed by atoms with Crippen LogP contribution in [0.2, 0.25) is 0 Å². The number of fused-ring (bicyclic) bond motifs is 3. The Balaban J connectivity index is 1.53. The lowest BCUT2D eigenvalue weighted by Crippen LogP contribution is -2.33. The summed E-state index contributed by atoms with van der Waals surface area (Å²) in [5.74, 6) is -0.197. The third kappa shape index (κ3) is 3.13. The number of aromatic amines is 1. The minimum absolute atomic E-state index is 0.0411. The van der Waals surface area contributed by atoms with Gasteiger partial charge in [-0.25, -0.2) is 4.98 Å². The van der Waals surface area contributed by atoms with E-state index in [1.807, 2.05) is 42.6 Å². The molecule has 0 bridgehead atoms. The molecular formula is C19H18N4O2S. The lowest BCUT2D eigenvalue weighted by Gasteiger charge is -2.06. The second kappa shape index (κ2) is 6.76. The van der Waals surface area contributed by atoms with Crippen LogP contribution in [-0.2, 0) is 17.8 Å². The highest BCUT2D eigenvalue weighted by Crippen LogP contribution is 2.22. The maximum atomic E-state index is 12.7. The van der Waals surface area contributed by atoms with Gasteiger partial charge in [0.2, 0.25) is 5.91 Å². The smallest absolute Gasteiger partial charge is 0.278 e. The van der Waals surface area contributed by atoms with Gasteiger partial charge in [-0.2, -0.15) is 0 Å². The number of thiophene rings is 1. The van der Waals surface area contributed by atoms with Gasteiger partial charge >= 0.3 is 0 Å². The van der Waals surface area contributed by atoms with Crippen molar-refractivity contribution in [3.05, 3.63) is 62.8 Å². The second-order valence-corrected chi connectivity index (χ2v) is 7.29. The SMILES string of the molecule is Cc1ccc2[nH]c3c(=O)n(CC(=O)NCCc4cccs4)cnc3c2c1. The normalized spacial score (nSPS) is 11.3. The maximum absolute atomic E-state index is 12.7. The van der Waals surface area contributed by atoms with Crippen LogP contribution in [0, 0.1) is 6.92 Å². The van der Waals surface area contributed by atoms with Crippen LogP contribution in [0.5, 0.6) is 0 Å². The van der Waals surface area contributed by atoms with Crippen molar-refractivity contribution in [3.63, 3.8) is 0 Å². The molecular weight excluding hydrogens is 348 g/mol. The van der Waals surface area contributed by atoms with Crippen LogP contribution in [0.15, 0.2) is 46.8 Å². The highest BCUT2D eigenvalue weighted by Gasteiger charge is 2.12. The molecule has 0 saturated heterocycles. The molecule has 1 aromatic carbocycles. The first-order chi connectivity index (χ1) is 12.6. The van der Waals surface area contributed by atoms with Gasteiger partial charge in [0.15, 0.2) is 0 Å². The van der Waals surface area contributed by atoms with Crippen molar-refractivity contribution in [3.8, 4) is 0 Å². The molecule has 0 unspecified atom stereocenters. The van der Waals surface area contributed by atoms with Gasteiger partial charge in [0.05, 0.1) is 6.33 Å². The number of nitrogens with one attached hydrogen (secondary N) is 2. The highest BCUT2D eigenvalue weighted by molar-refractivity contribution is 7.09. The van der Waals surface area contributed by atoms with E-state index in [9.17, 15) is 9.59 Å². The van der Waals surface area contributed by atoms with Gasteiger partial charge in [0.1, 0.15) is 17.6 Å². The lowest BCUT2D eigenvalue weighted by molar-refractivity contribution is -0.121. The fraction of sp³-hybridized carbons (Fsp3) is 0.211. The number of carbonyl (C=O) groups is 1. The molecule has 3 aromatic heterocycles. The van der Waals surface area contributed by atoms with E-state index in [2.05, 4.69) is 15.3 Å². The molecule has 0 spiro atoms. The Hall–Kier alpha value is -2.93. The molecule has 0 aliphatic heterocycles. The Labute approximate surface area is 153 Å². The van der Waals surface area contributed by atoms with Crippen LogP contribution < -0.4 is 10.9 Å². The topological polar surface area (TPSA) is 79.8 Å². The summed E-state index contributed by atoms with van der Waals surface area (Å²) in [7, 11) is 0. The number of carbonyl (C=O) groups excluding carboxylic acids is 1. The van der Waals surface area contributed by atoms with Crippen LogP contribution in [0.25, 0.3) is 21.9 Å². The van der Waals surface area contributed by atoms with E-state index in [1.54, 1.807) is 11.3 Å². The number of nitrogens with zero attached hydrogens (tertiary/aromatic N) is 2. The zero-order valence-electron chi connectivity index (χ0n) is 14.3. The average molecular weight is 366 g/mol. The number of aromatic nitrogens is 3. The van der Waals surface area contributed by atoms with E-state index in [0.29, 0.717) is 17.6 Å². The monoisotopic (exact) mass is 366 g/mol. The molecule has 0 fully saturated rings. The van der Waals surface area contributed by atoms with Gasteiger partial charge in [0.25, 0.3) is 5.56 Å². The fourth-order valence-electron chi connectivity index (χ4n) is 3.01. The van der Waals surface area contributed by atoms with Gasteiger partial charge in [-0.05, 0) is 36.9 Å². The molecule has 1 amide bonds. The molecule has 4 aromatic rings. The van der Waals surface area contributed by atoms with Gasteiger partial charge in [0, 0.05) is 22.3 Å². The quantitative estimate of drug-likeness (QED) is 0.570.